The van der Waals surface area contributed by atoms with Crippen LogP contribution in [0.25, 0.3) is 0 Å². The number of nitrogens with two attached hydrogens (primary N) is 2. The van der Waals surface area contributed by atoms with E-state index in [2.05, 4.69) is 5.32 Å². The molecule has 0 aliphatic rings. The Kier molecular flexibility index (Phi) is 5.27. The summed E-state index contributed by atoms with van der Waals surface area (Å²) in [7, 11) is 0. The van der Waals surface area contributed by atoms with Crippen LogP contribution in [0.4, 0.5) is 0 Å². The van der Waals surface area contributed by atoms with Crippen molar-refractivity contribution < 1.29 is 24.6 Å². The maximum absolute atomic E-state index is 10.6. The lowest BCUT2D eigenvalue weighted by Crippen LogP contribution is -2.52. The van der Waals surface area contributed by atoms with E-state index in [9.17, 15) is 14.4 Å². The fourth-order valence-corrected chi connectivity index (χ4v) is 0.853. The number of amides is 1. The molecule has 86 valence electrons. The summed E-state index contributed by atoms with van der Waals surface area (Å²) in [5.74, 6) is -3.32. The minimum atomic E-state index is -1.49. The monoisotopic (exact) mass is 219 g/mol. The topological polar surface area (TPSA) is 156 Å². The molecule has 0 radical (unpaired) electrons. The van der Waals surface area contributed by atoms with Gasteiger partial charge < -0.3 is 21.7 Å². The van der Waals surface area contributed by atoms with Gasteiger partial charge in [-0.3, -0.25) is 14.9 Å². The zero-order chi connectivity index (χ0) is 12.0. The number of nitrogens with one attached hydrogen (secondary N) is 1. The molecule has 0 aromatic heterocycles. The first-order chi connectivity index (χ1) is 6.84. The molecule has 2 atom stereocenters. The highest BCUT2D eigenvalue weighted by atomic mass is 16.4. The van der Waals surface area contributed by atoms with Crippen LogP contribution in [0, 0.1) is 0 Å². The first-order valence-electron chi connectivity index (χ1n) is 4.10. The van der Waals surface area contributed by atoms with Crippen molar-refractivity contribution in [2.75, 3.05) is 0 Å². The highest BCUT2D eigenvalue weighted by molar-refractivity contribution is 5.78. The molecule has 0 saturated heterocycles. The van der Waals surface area contributed by atoms with Crippen LogP contribution in [0.5, 0.6) is 0 Å². The highest BCUT2D eigenvalue weighted by Crippen LogP contribution is 1.97. The van der Waals surface area contributed by atoms with Crippen molar-refractivity contribution in [3.8, 4) is 0 Å². The number of carbonyl (C=O) groups is 3. The molecule has 0 heterocycles. The van der Waals surface area contributed by atoms with Gasteiger partial charge in [-0.1, -0.05) is 0 Å². The Morgan fingerprint density at radius 1 is 1.20 bits per heavy atom. The van der Waals surface area contributed by atoms with E-state index in [0.717, 1.165) is 0 Å². The number of rotatable bonds is 7. The molecular formula is C7H13N3O5. The van der Waals surface area contributed by atoms with Crippen LogP contribution in [-0.4, -0.2) is 40.3 Å². The van der Waals surface area contributed by atoms with Gasteiger partial charge >= 0.3 is 11.9 Å². The third kappa shape index (κ3) is 5.60. The third-order valence-corrected chi connectivity index (χ3v) is 1.62. The van der Waals surface area contributed by atoms with E-state index in [1.807, 2.05) is 0 Å². The summed E-state index contributed by atoms with van der Waals surface area (Å²) in [6, 6.07) is -1.21. The molecule has 0 rings (SSSR count). The van der Waals surface area contributed by atoms with Crippen molar-refractivity contribution in [3.63, 3.8) is 0 Å². The van der Waals surface area contributed by atoms with Gasteiger partial charge in [0, 0.05) is 6.42 Å². The van der Waals surface area contributed by atoms with Crippen molar-refractivity contribution in [2.24, 2.45) is 11.5 Å². The fourth-order valence-electron chi connectivity index (χ4n) is 0.853. The molecule has 8 nitrogen and oxygen atoms in total. The molecule has 0 saturated carbocycles. The van der Waals surface area contributed by atoms with Crippen LogP contribution in [0.3, 0.4) is 0 Å². The lowest BCUT2D eigenvalue weighted by molar-refractivity contribution is -0.142. The van der Waals surface area contributed by atoms with E-state index in [0.29, 0.717) is 0 Å². The minimum absolute atomic E-state index is 0.106. The zero-order valence-electron chi connectivity index (χ0n) is 7.84. The normalized spacial score (nSPS) is 14.2. The molecule has 1 amide bonds. The summed E-state index contributed by atoms with van der Waals surface area (Å²) >= 11 is 0. The number of hydrogen-bond acceptors (Lipinski definition) is 5. The third-order valence-electron chi connectivity index (χ3n) is 1.62. The molecular weight excluding hydrogens is 206 g/mol. The predicted molar refractivity (Wildman–Crippen MR) is 48.6 cm³/mol. The van der Waals surface area contributed by atoms with Crippen molar-refractivity contribution >= 4 is 17.8 Å². The SMILES string of the molecule is NC(=O)CC[C@H](NC(N)C(=O)O)C(=O)O. The number of carboxylic acids is 2. The van der Waals surface area contributed by atoms with Gasteiger partial charge in [0.15, 0.2) is 6.17 Å². The Bertz CT molecular complexity index is 267. The lowest BCUT2D eigenvalue weighted by Gasteiger charge is -2.16. The Morgan fingerprint density at radius 2 is 1.73 bits per heavy atom. The maximum atomic E-state index is 10.6. The van der Waals surface area contributed by atoms with Crippen LogP contribution < -0.4 is 16.8 Å². The lowest BCUT2D eigenvalue weighted by atomic mass is 10.1. The molecule has 0 spiro atoms. The van der Waals surface area contributed by atoms with Crippen LogP contribution in [0.15, 0.2) is 0 Å². The molecule has 8 heteroatoms. The summed E-state index contributed by atoms with van der Waals surface area (Å²) in [6.07, 6.45) is -1.75. The zero-order valence-corrected chi connectivity index (χ0v) is 7.84. The van der Waals surface area contributed by atoms with Gasteiger partial charge in [0.25, 0.3) is 0 Å². The summed E-state index contributed by atoms with van der Waals surface area (Å²) < 4.78 is 0. The minimum Gasteiger partial charge on any atom is -0.480 e. The highest BCUT2D eigenvalue weighted by Gasteiger charge is 2.23. The Morgan fingerprint density at radius 3 is 2.07 bits per heavy atom. The van der Waals surface area contributed by atoms with Gasteiger partial charge in [0.1, 0.15) is 6.04 Å². The Labute approximate surface area is 85.2 Å². The predicted octanol–water partition coefficient (Wildman–Crippen LogP) is -2.34. The molecule has 0 bridgehead atoms. The summed E-state index contributed by atoms with van der Waals surface area (Å²) in [5.41, 5.74) is 9.90. The van der Waals surface area contributed by atoms with E-state index in [4.69, 9.17) is 21.7 Å². The van der Waals surface area contributed by atoms with Crippen molar-refractivity contribution in [1.82, 2.24) is 5.32 Å². The van der Waals surface area contributed by atoms with Gasteiger partial charge in [0.05, 0.1) is 0 Å². The van der Waals surface area contributed by atoms with Crippen LogP contribution in [0.1, 0.15) is 12.8 Å². The maximum Gasteiger partial charge on any atom is 0.335 e. The molecule has 15 heavy (non-hydrogen) atoms. The summed E-state index contributed by atoms with van der Waals surface area (Å²) in [6.45, 7) is 0. The van der Waals surface area contributed by atoms with E-state index in [1.54, 1.807) is 0 Å². The van der Waals surface area contributed by atoms with Crippen LogP contribution >= 0.6 is 0 Å². The van der Waals surface area contributed by atoms with Crippen LogP contribution in [0.2, 0.25) is 0 Å². The molecule has 0 aromatic carbocycles. The molecule has 0 aliphatic heterocycles. The quantitative estimate of drug-likeness (QED) is 0.300. The summed E-state index contributed by atoms with van der Waals surface area (Å²) in [5, 5.41) is 19.2. The number of carboxylic acid groups (broad SMARTS) is 2. The van der Waals surface area contributed by atoms with E-state index in [1.165, 1.54) is 0 Å². The smallest absolute Gasteiger partial charge is 0.335 e. The second-order valence-corrected chi connectivity index (χ2v) is 2.88. The van der Waals surface area contributed by atoms with Crippen LogP contribution in [-0.2, 0) is 14.4 Å². The Hall–Kier alpha value is -1.67. The average molecular weight is 219 g/mol. The standard InChI is InChI=1S/C7H13N3O5/c8-4(11)2-1-3(6(12)13)10-5(9)7(14)15/h3,5,10H,1-2,9H2,(H2,8,11)(H,12,13)(H,14,15)/t3-,5?/m0/s1. The number of hydrogen-bond donors (Lipinski definition) is 5. The summed E-state index contributed by atoms with van der Waals surface area (Å²) in [4.78, 5) is 31.3. The second-order valence-electron chi connectivity index (χ2n) is 2.88. The molecule has 1 unspecified atom stereocenters. The van der Waals surface area contributed by atoms with Crippen molar-refractivity contribution in [1.29, 1.82) is 0 Å². The van der Waals surface area contributed by atoms with E-state index in [-0.39, 0.29) is 12.8 Å². The Balaban J connectivity index is 4.22. The average Bonchev–Trinajstić information content (AvgIpc) is 2.10. The van der Waals surface area contributed by atoms with Crippen molar-refractivity contribution in [2.45, 2.75) is 25.0 Å². The molecule has 0 fully saturated rings. The van der Waals surface area contributed by atoms with Crippen molar-refractivity contribution in [3.05, 3.63) is 0 Å². The van der Waals surface area contributed by atoms with Gasteiger partial charge in [0.2, 0.25) is 5.91 Å². The number of aliphatic carboxylic acids is 2. The van der Waals surface area contributed by atoms with Gasteiger partial charge in [-0.05, 0) is 6.42 Å². The van der Waals surface area contributed by atoms with E-state index < -0.39 is 30.1 Å². The second kappa shape index (κ2) is 5.94. The number of carbonyl (C=O) groups excluding carboxylic acids is 1. The molecule has 0 aromatic rings. The fraction of sp³-hybridized carbons (Fsp3) is 0.571. The van der Waals surface area contributed by atoms with E-state index >= 15 is 0 Å². The first-order valence-corrected chi connectivity index (χ1v) is 4.10. The largest absolute Gasteiger partial charge is 0.480 e. The first kappa shape index (κ1) is 13.3. The van der Waals surface area contributed by atoms with Gasteiger partial charge in [-0.15, -0.1) is 0 Å². The number of primary amides is 1. The molecule has 0 aliphatic carbocycles. The van der Waals surface area contributed by atoms with Gasteiger partial charge in [-0.2, -0.15) is 0 Å². The van der Waals surface area contributed by atoms with Gasteiger partial charge in [-0.25, -0.2) is 4.79 Å². The molecule has 7 N–H and O–H groups in total.